The maximum atomic E-state index is 12.9. The van der Waals surface area contributed by atoms with Crippen molar-refractivity contribution in [2.45, 2.75) is 33.1 Å². The number of likely N-dealkylation sites (tertiary alicyclic amines) is 1. The Morgan fingerprint density at radius 1 is 1.41 bits per heavy atom. The maximum Gasteiger partial charge on any atom is 0.273 e. The van der Waals surface area contributed by atoms with E-state index in [2.05, 4.69) is 23.8 Å². The summed E-state index contributed by atoms with van der Waals surface area (Å²) in [4.78, 5) is 23.3. The molecule has 0 aliphatic carbocycles. The Bertz CT molecular complexity index is 713. The molecule has 1 unspecified atom stereocenters. The van der Waals surface area contributed by atoms with Crippen LogP contribution in [0.3, 0.4) is 0 Å². The molecule has 0 saturated carbocycles. The maximum absolute atomic E-state index is 12.9. The highest BCUT2D eigenvalue weighted by Gasteiger charge is 2.25. The molecule has 0 bridgehead atoms. The number of rotatable bonds is 2. The van der Waals surface area contributed by atoms with Gasteiger partial charge in [-0.15, -0.1) is 0 Å². The molecule has 1 saturated heterocycles. The van der Waals surface area contributed by atoms with Crippen LogP contribution in [0, 0.1) is 5.92 Å². The molecule has 1 atom stereocenters. The van der Waals surface area contributed by atoms with Crippen LogP contribution in [0.1, 0.15) is 42.7 Å². The first-order chi connectivity index (χ1) is 10.6. The van der Waals surface area contributed by atoms with E-state index in [-0.39, 0.29) is 11.9 Å². The summed E-state index contributed by atoms with van der Waals surface area (Å²) in [7, 11) is 0. The standard InChI is InChI=1S/C17H22N4O/c1-3-12-6-7-14-13(9-12)15(20-17(18)19-14)16(22)21-8-4-5-11(2)10-21/h6-7,9,11H,3-5,8,10H2,1-2H3,(H2,18,19,20). The number of anilines is 1. The Kier molecular flexibility index (Phi) is 3.96. The predicted octanol–water partition coefficient (Wildman–Crippen LogP) is 2.65. The second-order valence-electron chi connectivity index (χ2n) is 6.13. The molecule has 2 aromatic rings. The number of hydrogen-bond donors (Lipinski definition) is 1. The van der Waals surface area contributed by atoms with E-state index >= 15 is 0 Å². The van der Waals surface area contributed by atoms with Crippen molar-refractivity contribution in [1.29, 1.82) is 0 Å². The van der Waals surface area contributed by atoms with E-state index in [0.717, 1.165) is 36.8 Å². The molecule has 1 aromatic heterocycles. The molecule has 5 heteroatoms. The van der Waals surface area contributed by atoms with Gasteiger partial charge in [0.15, 0.2) is 0 Å². The number of fused-ring (bicyclic) bond motifs is 1. The van der Waals surface area contributed by atoms with Gasteiger partial charge in [-0.25, -0.2) is 9.97 Å². The number of benzene rings is 1. The fourth-order valence-electron chi connectivity index (χ4n) is 3.10. The molecule has 2 N–H and O–H groups in total. The first kappa shape index (κ1) is 14.8. The van der Waals surface area contributed by atoms with Crippen molar-refractivity contribution in [3.05, 3.63) is 29.5 Å². The third-order valence-electron chi connectivity index (χ3n) is 4.33. The van der Waals surface area contributed by atoms with Crippen LogP contribution in [0.2, 0.25) is 0 Å². The monoisotopic (exact) mass is 298 g/mol. The van der Waals surface area contributed by atoms with Crippen LogP contribution in [-0.2, 0) is 6.42 Å². The van der Waals surface area contributed by atoms with Gasteiger partial charge in [0, 0.05) is 18.5 Å². The van der Waals surface area contributed by atoms with Gasteiger partial charge in [0.2, 0.25) is 5.95 Å². The summed E-state index contributed by atoms with van der Waals surface area (Å²) in [6, 6.07) is 5.95. The zero-order valence-electron chi connectivity index (χ0n) is 13.2. The lowest BCUT2D eigenvalue weighted by Crippen LogP contribution is -2.39. The van der Waals surface area contributed by atoms with Crippen molar-refractivity contribution in [3.63, 3.8) is 0 Å². The Balaban J connectivity index is 2.06. The van der Waals surface area contributed by atoms with Crippen LogP contribution in [0.15, 0.2) is 18.2 Å². The highest BCUT2D eigenvalue weighted by atomic mass is 16.2. The van der Waals surface area contributed by atoms with Crippen LogP contribution in [0.5, 0.6) is 0 Å². The van der Waals surface area contributed by atoms with Crippen molar-refractivity contribution in [1.82, 2.24) is 14.9 Å². The van der Waals surface area contributed by atoms with E-state index < -0.39 is 0 Å². The summed E-state index contributed by atoms with van der Waals surface area (Å²) in [6.45, 7) is 5.86. The number of carbonyl (C=O) groups excluding carboxylic acids is 1. The lowest BCUT2D eigenvalue weighted by atomic mass is 9.99. The minimum Gasteiger partial charge on any atom is -0.368 e. The van der Waals surface area contributed by atoms with Gasteiger partial charge in [-0.1, -0.05) is 19.9 Å². The quantitative estimate of drug-likeness (QED) is 0.925. The zero-order chi connectivity index (χ0) is 15.7. The van der Waals surface area contributed by atoms with Crippen molar-refractivity contribution in [2.24, 2.45) is 5.92 Å². The topological polar surface area (TPSA) is 72.1 Å². The summed E-state index contributed by atoms with van der Waals surface area (Å²) in [6.07, 6.45) is 3.14. The number of nitrogens with two attached hydrogens (primary N) is 1. The fourth-order valence-corrected chi connectivity index (χ4v) is 3.10. The number of piperidine rings is 1. The zero-order valence-corrected chi connectivity index (χ0v) is 13.2. The van der Waals surface area contributed by atoms with Crippen LogP contribution in [0.4, 0.5) is 5.95 Å². The molecule has 116 valence electrons. The van der Waals surface area contributed by atoms with Gasteiger partial charge >= 0.3 is 0 Å². The highest BCUT2D eigenvalue weighted by Crippen LogP contribution is 2.23. The molecule has 5 nitrogen and oxygen atoms in total. The largest absolute Gasteiger partial charge is 0.368 e. The van der Waals surface area contributed by atoms with Gasteiger partial charge in [-0.3, -0.25) is 4.79 Å². The minimum atomic E-state index is -0.0288. The number of hydrogen-bond acceptors (Lipinski definition) is 4. The number of aromatic nitrogens is 2. The average molecular weight is 298 g/mol. The second kappa shape index (κ2) is 5.91. The van der Waals surface area contributed by atoms with E-state index in [4.69, 9.17) is 5.73 Å². The fraction of sp³-hybridized carbons (Fsp3) is 0.471. The molecular weight excluding hydrogens is 276 g/mol. The number of aryl methyl sites for hydroxylation is 1. The molecule has 1 aliphatic heterocycles. The van der Waals surface area contributed by atoms with E-state index in [9.17, 15) is 4.79 Å². The van der Waals surface area contributed by atoms with Gasteiger partial charge in [0.05, 0.1) is 5.52 Å². The van der Waals surface area contributed by atoms with Crippen LogP contribution < -0.4 is 5.73 Å². The molecule has 2 heterocycles. The molecular formula is C17H22N4O. The molecule has 1 aromatic carbocycles. The van der Waals surface area contributed by atoms with Gasteiger partial charge < -0.3 is 10.6 Å². The third kappa shape index (κ3) is 2.75. The number of carbonyl (C=O) groups is 1. The summed E-state index contributed by atoms with van der Waals surface area (Å²) in [5.41, 5.74) is 8.14. The lowest BCUT2D eigenvalue weighted by molar-refractivity contribution is 0.0679. The SMILES string of the molecule is CCc1ccc2nc(N)nc(C(=O)N3CCCC(C)C3)c2c1. The van der Waals surface area contributed by atoms with Gasteiger partial charge in [0.1, 0.15) is 5.69 Å². The number of nitrogens with zero attached hydrogens (tertiary/aromatic N) is 3. The van der Waals surface area contributed by atoms with Crippen molar-refractivity contribution >= 4 is 22.8 Å². The minimum absolute atomic E-state index is 0.0288. The van der Waals surface area contributed by atoms with Crippen LogP contribution in [0.25, 0.3) is 10.9 Å². The Morgan fingerprint density at radius 2 is 2.23 bits per heavy atom. The normalized spacial score (nSPS) is 18.6. The summed E-state index contributed by atoms with van der Waals surface area (Å²) in [5, 5.41) is 0.803. The Labute approximate surface area is 130 Å². The summed E-state index contributed by atoms with van der Waals surface area (Å²) in [5.74, 6) is 0.665. The van der Waals surface area contributed by atoms with Crippen molar-refractivity contribution < 1.29 is 4.79 Å². The summed E-state index contributed by atoms with van der Waals surface area (Å²) >= 11 is 0. The average Bonchev–Trinajstić information content (AvgIpc) is 2.53. The predicted molar refractivity (Wildman–Crippen MR) is 87.6 cm³/mol. The first-order valence-electron chi connectivity index (χ1n) is 7.94. The molecule has 0 radical (unpaired) electrons. The van der Waals surface area contributed by atoms with E-state index in [1.54, 1.807) is 0 Å². The summed E-state index contributed by atoms with van der Waals surface area (Å²) < 4.78 is 0. The number of amides is 1. The van der Waals surface area contributed by atoms with Gasteiger partial charge in [-0.05, 0) is 42.9 Å². The Morgan fingerprint density at radius 3 is 2.95 bits per heavy atom. The third-order valence-corrected chi connectivity index (χ3v) is 4.33. The molecule has 0 spiro atoms. The van der Waals surface area contributed by atoms with E-state index in [1.165, 1.54) is 12.0 Å². The van der Waals surface area contributed by atoms with E-state index in [0.29, 0.717) is 11.6 Å². The first-order valence-corrected chi connectivity index (χ1v) is 7.94. The van der Waals surface area contributed by atoms with Gasteiger partial charge in [-0.2, -0.15) is 0 Å². The number of nitrogen functional groups attached to an aromatic ring is 1. The highest BCUT2D eigenvalue weighted by molar-refractivity contribution is 6.04. The van der Waals surface area contributed by atoms with Crippen LogP contribution in [-0.4, -0.2) is 33.9 Å². The van der Waals surface area contributed by atoms with E-state index in [1.807, 2.05) is 23.1 Å². The molecule has 1 aliphatic rings. The smallest absolute Gasteiger partial charge is 0.273 e. The lowest BCUT2D eigenvalue weighted by Gasteiger charge is -2.30. The van der Waals surface area contributed by atoms with Crippen molar-refractivity contribution in [3.8, 4) is 0 Å². The molecule has 1 fully saturated rings. The van der Waals surface area contributed by atoms with Crippen LogP contribution >= 0.6 is 0 Å². The van der Waals surface area contributed by atoms with Crippen molar-refractivity contribution in [2.75, 3.05) is 18.8 Å². The molecule has 22 heavy (non-hydrogen) atoms. The van der Waals surface area contributed by atoms with Gasteiger partial charge in [0.25, 0.3) is 5.91 Å². The molecule has 1 amide bonds. The Hall–Kier alpha value is -2.17. The second-order valence-corrected chi connectivity index (χ2v) is 6.13. The molecule has 3 rings (SSSR count).